The van der Waals surface area contributed by atoms with Gasteiger partial charge in [0.05, 0.1) is 6.04 Å². The molecule has 0 aromatic carbocycles. The number of likely N-dealkylation sites (N-methyl/N-ethyl adjacent to an activating group) is 2. The van der Waals surface area contributed by atoms with E-state index in [-0.39, 0.29) is 11.9 Å². The number of hydrogen-bond acceptors (Lipinski definition) is 3. The van der Waals surface area contributed by atoms with Gasteiger partial charge in [-0.05, 0) is 37.8 Å². The van der Waals surface area contributed by atoms with E-state index in [0.29, 0.717) is 6.04 Å². The molecule has 21 heavy (non-hydrogen) atoms. The van der Waals surface area contributed by atoms with Gasteiger partial charge in [0.2, 0.25) is 5.91 Å². The minimum atomic E-state index is -0.0379. The number of carbonyl (C=O) groups is 1. The molecule has 4 heteroatoms. The second-order valence-corrected chi connectivity index (χ2v) is 7.09. The Kier molecular flexibility index (Phi) is 6.24. The van der Waals surface area contributed by atoms with Crippen LogP contribution in [0, 0.1) is 0 Å². The molecule has 1 unspecified atom stereocenters. The van der Waals surface area contributed by atoms with Gasteiger partial charge in [-0.2, -0.15) is 0 Å². The highest BCUT2D eigenvalue weighted by atomic mass is 32.1. The van der Waals surface area contributed by atoms with Crippen LogP contribution < -0.4 is 0 Å². The minimum absolute atomic E-state index is 0.0379. The maximum atomic E-state index is 12.8. The number of carbonyl (C=O) groups excluding carboxylic acids is 1. The molecule has 0 N–H and O–H groups in total. The number of nitrogens with zero attached hydrogens (tertiary/aromatic N) is 2. The van der Waals surface area contributed by atoms with Crippen molar-refractivity contribution < 1.29 is 4.79 Å². The van der Waals surface area contributed by atoms with E-state index in [9.17, 15) is 4.79 Å². The molecule has 2 rings (SSSR count). The lowest BCUT2D eigenvalue weighted by Gasteiger charge is -2.36. The molecule has 3 nitrogen and oxygen atoms in total. The van der Waals surface area contributed by atoms with Crippen LogP contribution in [0.1, 0.15) is 50.8 Å². The van der Waals surface area contributed by atoms with Gasteiger partial charge in [-0.3, -0.25) is 9.69 Å². The minimum Gasteiger partial charge on any atom is -0.341 e. The summed E-state index contributed by atoms with van der Waals surface area (Å²) in [5.41, 5.74) is 0. The molecule has 1 atom stereocenters. The lowest BCUT2D eigenvalue weighted by Crippen LogP contribution is -2.49. The van der Waals surface area contributed by atoms with Crippen LogP contribution in [-0.4, -0.2) is 41.4 Å². The van der Waals surface area contributed by atoms with Crippen LogP contribution >= 0.6 is 11.3 Å². The topological polar surface area (TPSA) is 23.6 Å². The van der Waals surface area contributed by atoms with Gasteiger partial charge in [0.25, 0.3) is 0 Å². The fraction of sp³-hybridized carbons (Fsp3) is 0.706. The summed E-state index contributed by atoms with van der Waals surface area (Å²) in [4.78, 5) is 18.4. The lowest BCUT2D eigenvalue weighted by atomic mass is 9.94. The molecule has 1 aliphatic rings. The van der Waals surface area contributed by atoms with Crippen molar-refractivity contribution in [2.24, 2.45) is 0 Å². The van der Waals surface area contributed by atoms with E-state index in [1.165, 1.54) is 37.0 Å². The normalized spacial score (nSPS) is 17.9. The molecular formula is C17H28N2OS. The van der Waals surface area contributed by atoms with Crippen LogP contribution in [0.25, 0.3) is 0 Å². The Labute approximate surface area is 132 Å². The Morgan fingerprint density at radius 2 is 2.10 bits per heavy atom. The zero-order valence-electron chi connectivity index (χ0n) is 13.5. The number of amides is 1. The van der Waals surface area contributed by atoms with Gasteiger partial charge in [0.1, 0.15) is 0 Å². The smallest absolute Gasteiger partial charge is 0.239 e. The maximum absolute atomic E-state index is 12.8. The second kappa shape index (κ2) is 7.95. The first kappa shape index (κ1) is 16.5. The van der Waals surface area contributed by atoms with E-state index in [1.807, 2.05) is 11.9 Å². The van der Waals surface area contributed by atoms with Crippen molar-refractivity contribution in [3.63, 3.8) is 0 Å². The summed E-state index contributed by atoms with van der Waals surface area (Å²) in [6.07, 6.45) is 6.21. The van der Waals surface area contributed by atoms with Gasteiger partial charge in [0, 0.05) is 24.5 Å². The van der Waals surface area contributed by atoms with E-state index in [0.717, 1.165) is 13.1 Å². The number of rotatable bonds is 6. The monoisotopic (exact) mass is 308 g/mol. The SMILES string of the molecule is CCN(Cc1cccs1)C(C)C(=O)N(C)C1CCCCC1. The van der Waals surface area contributed by atoms with Crippen LogP contribution in [0.15, 0.2) is 17.5 Å². The Morgan fingerprint density at radius 1 is 1.38 bits per heavy atom. The van der Waals surface area contributed by atoms with Crippen molar-refractivity contribution in [2.75, 3.05) is 13.6 Å². The highest BCUT2D eigenvalue weighted by molar-refractivity contribution is 7.09. The van der Waals surface area contributed by atoms with Gasteiger partial charge in [0.15, 0.2) is 0 Å². The summed E-state index contributed by atoms with van der Waals surface area (Å²) < 4.78 is 0. The van der Waals surface area contributed by atoms with E-state index in [4.69, 9.17) is 0 Å². The Hall–Kier alpha value is -0.870. The highest BCUT2D eigenvalue weighted by Gasteiger charge is 2.28. The third-order valence-corrected chi connectivity index (χ3v) is 5.58. The van der Waals surface area contributed by atoms with Gasteiger partial charge >= 0.3 is 0 Å². The summed E-state index contributed by atoms with van der Waals surface area (Å²) in [6, 6.07) is 4.64. The fourth-order valence-corrected chi connectivity index (χ4v) is 3.95. The first-order chi connectivity index (χ1) is 10.1. The average Bonchev–Trinajstić information content (AvgIpc) is 3.04. The Balaban J connectivity index is 1.95. The lowest BCUT2D eigenvalue weighted by molar-refractivity contribution is -0.138. The molecule has 1 heterocycles. The molecule has 1 fully saturated rings. The van der Waals surface area contributed by atoms with Gasteiger partial charge < -0.3 is 4.90 Å². The molecule has 0 saturated heterocycles. The molecule has 0 radical (unpaired) electrons. The summed E-state index contributed by atoms with van der Waals surface area (Å²) in [5, 5.41) is 2.10. The van der Waals surface area contributed by atoms with Crippen molar-refractivity contribution in [1.29, 1.82) is 0 Å². The Bertz CT molecular complexity index is 426. The van der Waals surface area contributed by atoms with Gasteiger partial charge in [-0.15, -0.1) is 11.3 Å². The van der Waals surface area contributed by atoms with Crippen molar-refractivity contribution in [3.8, 4) is 0 Å². The van der Waals surface area contributed by atoms with Crippen LogP contribution in [-0.2, 0) is 11.3 Å². The zero-order valence-corrected chi connectivity index (χ0v) is 14.4. The second-order valence-electron chi connectivity index (χ2n) is 6.06. The standard InChI is InChI=1S/C17H28N2OS/c1-4-19(13-16-11-8-12-21-16)14(2)17(20)18(3)15-9-6-5-7-10-15/h8,11-12,14-15H,4-7,9-10,13H2,1-3H3. The molecule has 0 aliphatic heterocycles. The first-order valence-electron chi connectivity index (χ1n) is 8.16. The molecule has 0 spiro atoms. The van der Waals surface area contributed by atoms with Crippen molar-refractivity contribution in [3.05, 3.63) is 22.4 Å². The number of hydrogen-bond donors (Lipinski definition) is 0. The van der Waals surface area contributed by atoms with E-state index in [1.54, 1.807) is 11.3 Å². The molecule has 0 bridgehead atoms. The molecule has 118 valence electrons. The summed E-state index contributed by atoms with van der Waals surface area (Å²) in [7, 11) is 1.99. The molecular weight excluding hydrogens is 280 g/mol. The Morgan fingerprint density at radius 3 is 2.67 bits per heavy atom. The van der Waals surface area contributed by atoms with Crippen molar-refractivity contribution >= 4 is 17.2 Å². The highest BCUT2D eigenvalue weighted by Crippen LogP contribution is 2.23. The first-order valence-corrected chi connectivity index (χ1v) is 9.04. The zero-order chi connectivity index (χ0) is 15.2. The van der Waals surface area contributed by atoms with Gasteiger partial charge in [-0.1, -0.05) is 32.3 Å². The van der Waals surface area contributed by atoms with Crippen molar-refractivity contribution in [2.45, 2.75) is 64.6 Å². The van der Waals surface area contributed by atoms with Crippen LogP contribution in [0.3, 0.4) is 0 Å². The largest absolute Gasteiger partial charge is 0.341 e. The third-order valence-electron chi connectivity index (χ3n) is 4.72. The quantitative estimate of drug-likeness (QED) is 0.799. The summed E-state index contributed by atoms with van der Waals surface area (Å²) in [6.45, 7) is 5.97. The average molecular weight is 308 g/mol. The summed E-state index contributed by atoms with van der Waals surface area (Å²) >= 11 is 1.77. The molecule has 1 amide bonds. The molecule has 1 aliphatic carbocycles. The van der Waals surface area contributed by atoms with Crippen LogP contribution in [0.4, 0.5) is 0 Å². The molecule has 1 aromatic rings. The number of thiophene rings is 1. The van der Waals surface area contributed by atoms with Crippen LogP contribution in [0.5, 0.6) is 0 Å². The van der Waals surface area contributed by atoms with E-state index in [2.05, 4.69) is 36.3 Å². The fourth-order valence-electron chi connectivity index (χ4n) is 3.22. The van der Waals surface area contributed by atoms with Crippen LogP contribution in [0.2, 0.25) is 0 Å². The predicted octanol–water partition coefficient (Wildman–Crippen LogP) is 3.75. The summed E-state index contributed by atoms with van der Waals surface area (Å²) in [5.74, 6) is 0.278. The molecule has 1 aromatic heterocycles. The third kappa shape index (κ3) is 4.30. The maximum Gasteiger partial charge on any atom is 0.239 e. The van der Waals surface area contributed by atoms with E-state index < -0.39 is 0 Å². The van der Waals surface area contributed by atoms with Crippen molar-refractivity contribution in [1.82, 2.24) is 9.80 Å². The van der Waals surface area contributed by atoms with E-state index >= 15 is 0 Å². The molecule has 1 saturated carbocycles. The predicted molar refractivity (Wildman–Crippen MR) is 89.5 cm³/mol. The van der Waals surface area contributed by atoms with Gasteiger partial charge in [-0.25, -0.2) is 0 Å².